The van der Waals surface area contributed by atoms with E-state index in [0.717, 1.165) is 21.4 Å². The molecule has 2 rings (SSSR count). The highest BCUT2D eigenvalue weighted by Crippen LogP contribution is 2.29. The van der Waals surface area contributed by atoms with Gasteiger partial charge in [0.15, 0.2) is 0 Å². The number of aromatic nitrogens is 2. The number of nitrogens with zero attached hydrogens (tertiary/aromatic N) is 2. The van der Waals surface area contributed by atoms with Gasteiger partial charge in [-0.3, -0.25) is 4.68 Å². The van der Waals surface area contributed by atoms with Gasteiger partial charge in [-0.1, -0.05) is 23.7 Å². The van der Waals surface area contributed by atoms with Crippen LogP contribution in [0.15, 0.2) is 28.7 Å². The Kier molecular flexibility index (Phi) is 4.33. The standard InChI is InChI=1S/C14H17BrClN3/c1-8(17)14(11-5-4-6-12(16)7-11)19-10(3)13(15)9(2)18-19/h4-8,14H,17H2,1-3H3. The van der Waals surface area contributed by atoms with Gasteiger partial charge in [-0.25, -0.2) is 0 Å². The van der Waals surface area contributed by atoms with Crippen LogP contribution in [0.2, 0.25) is 5.02 Å². The summed E-state index contributed by atoms with van der Waals surface area (Å²) in [6.45, 7) is 5.99. The first kappa shape index (κ1) is 14.6. The van der Waals surface area contributed by atoms with Gasteiger partial charge < -0.3 is 5.73 Å². The minimum absolute atomic E-state index is 0.0244. The molecule has 5 heteroatoms. The molecule has 2 atom stereocenters. The maximum absolute atomic E-state index is 6.16. The molecule has 0 fully saturated rings. The second-order valence-corrected chi connectivity index (χ2v) is 6.02. The summed E-state index contributed by atoms with van der Waals surface area (Å²) in [4.78, 5) is 0. The van der Waals surface area contributed by atoms with Crippen molar-refractivity contribution in [2.24, 2.45) is 5.73 Å². The van der Waals surface area contributed by atoms with Crippen molar-refractivity contribution in [1.29, 1.82) is 0 Å². The van der Waals surface area contributed by atoms with Gasteiger partial charge >= 0.3 is 0 Å². The third kappa shape index (κ3) is 2.86. The summed E-state index contributed by atoms with van der Waals surface area (Å²) in [5.41, 5.74) is 9.26. The van der Waals surface area contributed by atoms with Gasteiger partial charge in [0.2, 0.25) is 0 Å². The summed E-state index contributed by atoms with van der Waals surface area (Å²) in [5, 5.41) is 5.30. The number of nitrogens with two attached hydrogens (primary N) is 1. The average Bonchev–Trinajstić information content (AvgIpc) is 2.57. The van der Waals surface area contributed by atoms with Crippen LogP contribution in [0.25, 0.3) is 0 Å². The molecule has 0 saturated carbocycles. The quantitative estimate of drug-likeness (QED) is 0.920. The topological polar surface area (TPSA) is 43.8 Å². The van der Waals surface area contributed by atoms with Gasteiger partial charge in [0.05, 0.1) is 21.9 Å². The maximum atomic E-state index is 6.16. The zero-order valence-corrected chi connectivity index (χ0v) is 13.5. The Morgan fingerprint density at radius 2 is 2.05 bits per heavy atom. The number of benzene rings is 1. The van der Waals surface area contributed by atoms with E-state index >= 15 is 0 Å². The molecule has 0 saturated heterocycles. The second-order valence-electron chi connectivity index (χ2n) is 4.79. The average molecular weight is 343 g/mol. The number of halogens is 2. The lowest BCUT2D eigenvalue weighted by Crippen LogP contribution is -2.31. The van der Waals surface area contributed by atoms with Gasteiger partial charge in [0.25, 0.3) is 0 Å². The minimum Gasteiger partial charge on any atom is -0.326 e. The summed E-state index contributed by atoms with van der Waals surface area (Å²) < 4.78 is 3.00. The number of rotatable bonds is 3. The van der Waals surface area contributed by atoms with E-state index in [1.54, 1.807) is 0 Å². The number of hydrogen-bond acceptors (Lipinski definition) is 2. The first-order valence-corrected chi connectivity index (χ1v) is 7.31. The molecule has 2 unspecified atom stereocenters. The Labute approximate surface area is 126 Å². The molecule has 2 N–H and O–H groups in total. The van der Waals surface area contributed by atoms with Crippen LogP contribution in [-0.2, 0) is 0 Å². The van der Waals surface area contributed by atoms with Crippen LogP contribution in [0.5, 0.6) is 0 Å². The fourth-order valence-corrected chi connectivity index (χ4v) is 2.73. The number of aryl methyl sites for hydroxylation is 1. The zero-order valence-electron chi connectivity index (χ0n) is 11.2. The van der Waals surface area contributed by atoms with Crippen molar-refractivity contribution in [3.05, 3.63) is 50.7 Å². The molecule has 0 radical (unpaired) electrons. The van der Waals surface area contributed by atoms with E-state index in [2.05, 4.69) is 21.0 Å². The largest absolute Gasteiger partial charge is 0.326 e. The third-order valence-corrected chi connectivity index (χ3v) is 4.57. The van der Waals surface area contributed by atoms with Gasteiger partial charge in [-0.15, -0.1) is 0 Å². The molecule has 0 aliphatic heterocycles. The first-order valence-electron chi connectivity index (χ1n) is 6.14. The van der Waals surface area contributed by atoms with Crippen molar-refractivity contribution in [3.63, 3.8) is 0 Å². The van der Waals surface area contributed by atoms with Crippen LogP contribution in [0.3, 0.4) is 0 Å². The molecule has 1 heterocycles. The van der Waals surface area contributed by atoms with Crippen LogP contribution in [0, 0.1) is 13.8 Å². The van der Waals surface area contributed by atoms with Crippen molar-refractivity contribution in [2.45, 2.75) is 32.9 Å². The molecule has 1 aromatic heterocycles. The van der Waals surface area contributed by atoms with Crippen molar-refractivity contribution in [3.8, 4) is 0 Å². The van der Waals surface area contributed by atoms with Crippen molar-refractivity contribution in [2.75, 3.05) is 0 Å². The van der Waals surface area contributed by atoms with Crippen LogP contribution >= 0.6 is 27.5 Å². The van der Waals surface area contributed by atoms with E-state index in [1.807, 2.05) is 49.7 Å². The molecule has 102 valence electrons. The van der Waals surface area contributed by atoms with Crippen LogP contribution in [0.1, 0.15) is 29.9 Å². The minimum atomic E-state index is -0.0663. The van der Waals surface area contributed by atoms with E-state index in [-0.39, 0.29) is 12.1 Å². The Balaban J connectivity index is 2.55. The van der Waals surface area contributed by atoms with Crippen molar-refractivity contribution < 1.29 is 0 Å². The second kappa shape index (κ2) is 5.65. The van der Waals surface area contributed by atoms with Crippen molar-refractivity contribution >= 4 is 27.5 Å². The fraction of sp³-hybridized carbons (Fsp3) is 0.357. The lowest BCUT2D eigenvalue weighted by Gasteiger charge is -2.23. The highest BCUT2D eigenvalue weighted by atomic mass is 79.9. The van der Waals surface area contributed by atoms with E-state index in [9.17, 15) is 0 Å². The van der Waals surface area contributed by atoms with Gasteiger partial charge in [0, 0.05) is 11.1 Å². The van der Waals surface area contributed by atoms with Crippen LogP contribution < -0.4 is 5.73 Å². The molecule has 1 aromatic carbocycles. The highest BCUT2D eigenvalue weighted by Gasteiger charge is 2.23. The Hall–Kier alpha value is -0.840. The molecule has 0 spiro atoms. The predicted octanol–water partition coefficient (Wildman–Crippen LogP) is 3.85. The molecular weight excluding hydrogens is 326 g/mol. The summed E-state index contributed by atoms with van der Waals surface area (Å²) in [6, 6.07) is 7.69. The van der Waals surface area contributed by atoms with E-state index in [0.29, 0.717) is 5.02 Å². The van der Waals surface area contributed by atoms with Crippen LogP contribution in [0.4, 0.5) is 0 Å². The normalized spacial score (nSPS) is 14.4. The van der Waals surface area contributed by atoms with Gasteiger partial charge in [0.1, 0.15) is 0 Å². The van der Waals surface area contributed by atoms with E-state index in [4.69, 9.17) is 17.3 Å². The fourth-order valence-electron chi connectivity index (χ4n) is 2.27. The molecule has 0 aliphatic rings. The summed E-state index contributed by atoms with van der Waals surface area (Å²) >= 11 is 9.63. The summed E-state index contributed by atoms with van der Waals surface area (Å²) in [5.74, 6) is 0. The van der Waals surface area contributed by atoms with Gasteiger partial charge in [-0.2, -0.15) is 5.10 Å². The molecular formula is C14H17BrClN3. The van der Waals surface area contributed by atoms with E-state index < -0.39 is 0 Å². The van der Waals surface area contributed by atoms with E-state index in [1.165, 1.54) is 0 Å². The SMILES string of the molecule is Cc1nn(C(c2cccc(Cl)c2)C(C)N)c(C)c1Br. The maximum Gasteiger partial charge on any atom is 0.0920 e. The third-order valence-electron chi connectivity index (χ3n) is 3.19. The van der Waals surface area contributed by atoms with Gasteiger partial charge in [-0.05, 0) is 54.4 Å². The monoisotopic (exact) mass is 341 g/mol. The Bertz CT molecular complexity index is 592. The molecule has 0 aliphatic carbocycles. The summed E-state index contributed by atoms with van der Waals surface area (Å²) in [6.07, 6.45) is 0. The lowest BCUT2D eigenvalue weighted by atomic mass is 10.0. The predicted molar refractivity (Wildman–Crippen MR) is 82.6 cm³/mol. The van der Waals surface area contributed by atoms with Crippen molar-refractivity contribution in [1.82, 2.24) is 9.78 Å². The number of hydrogen-bond donors (Lipinski definition) is 1. The Morgan fingerprint density at radius 3 is 2.53 bits per heavy atom. The lowest BCUT2D eigenvalue weighted by molar-refractivity contribution is 0.443. The van der Waals surface area contributed by atoms with Crippen LogP contribution in [-0.4, -0.2) is 15.8 Å². The molecule has 0 amide bonds. The highest BCUT2D eigenvalue weighted by molar-refractivity contribution is 9.10. The summed E-state index contributed by atoms with van der Waals surface area (Å²) in [7, 11) is 0. The first-order chi connectivity index (χ1) is 8.91. The molecule has 3 nitrogen and oxygen atoms in total. The molecule has 0 bridgehead atoms. The zero-order chi connectivity index (χ0) is 14.2. The Morgan fingerprint density at radius 1 is 1.37 bits per heavy atom. The molecule has 2 aromatic rings. The smallest absolute Gasteiger partial charge is 0.0920 e. The molecule has 19 heavy (non-hydrogen) atoms.